The molecule has 0 N–H and O–H groups in total. The normalized spacial score (nSPS) is 14.7. The molecule has 0 saturated heterocycles. The van der Waals surface area contributed by atoms with Gasteiger partial charge in [0.2, 0.25) is 0 Å². The highest BCUT2D eigenvalue weighted by atomic mass is 79.9. The Balaban J connectivity index is 1.62. The Hall–Kier alpha value is -3.08. The minimum absolute atomic E-state index is 0.185. The van der Waals surface area contributed by atoms with Crippen LogP contribution in [0.15, 0.2) is 80.1 Å². The van der Waals surface area contributed by atoms with Gasteiger partial charge in [0.1, 0.15) is 18.1 Å². The Bertz CT molecular complexity index is 1950. The largest absolute Gasteiger partial charge is 0.494 e. The summed E-state index contributed by atoms with van der Waals surface area (Å²) in [6.07, 6.45) is 1.71. The van der Waals surface area contributed by atoms with Gasteiger partial charge in [0.15, 0.2) is 4.80 Å². The molecule has 1 aromatic heterocycles. The van der Waals surface area contributed by atoms with E-state index in [9.17, 15) is 9.59 Å². The summed E-state index contributed by atoms with van der Waals surface area (Å²) in [7, 11) is 0. The lowest BCUT2D eigenvalue weighted by Gasteiger charge is -2.24. The summed E-state index contributed by atoms with van der Waals surface area (Å²) in [6, 6.07) is 15.2. The Morgan fingerprint density at radius 1 is 1.02 bits per heavy atom. The van der Waals surface area contributed by atoms with Gasteiger partial charge in [-0.3, -0.25) is 9.36 Å². The smallest absolute Gasteiger partial charge is 0.338 e. The number of benzene rings is 3. The van der Waals surface area contributed by atoms with E-state index in [0.29, 0.717) is 63.8 Å². The summed E-state index contributed by atoms with van der Waals surface area (Å²) in [5.74, 6) is 0.637. The van der Waals surface area contributed by atoms with E-state index in [1.165, 1.54) is 15.9 Å². The predicted molar refractivity (Wildman–Crippen MR) is 178 cm³/mol. The van der Waals surface area contributed by atoms with Crippen LogP contribution in [0.25, 0.3) is 6.08 Å². The monoisotopic (exact) mass is 734 g/mol. The minimum atomic E-state index is -0.750. The summed E-state index contributed by atoms with van der Waals surface area (Å²) < 4.78 is 19.7. The van der Waals surface area contributed by atoms with Crippen molar-refractivity contribution in [2.75, 3.05) is 13.2 Å². The highest BCUT2D eigenvalue weighted by molar-refractivity contribution is 9.10. The van der Waals surface area contributed by atoms with Crippen molar-refractivity contribution in [3.05, 3.63) is 122 Å². The third kappa shape index (κ3) is 6.77. The molecule has 4 aromatic rings. The van der Waals surface area contributed by atoms with Crippen molar-refractivity contribution in [1.29, 1.82) is 0 Å². The molecule has 12 heteroatoms. The Kier molecular flexibility index (Phi) is 10.2. The number of carbonyl (C=O) groups excluding carboxylic acids is 1. The maximum atomic E-state index is 14.1. The molecule has 0 unspecified atom stereocenters. The van der Waals surface area contributed by atoms with Gasteiger partial charge in [-0.15, -0.1) is 0 Å². The van der Waals surface area contributed by atoms with Crippen molar-refractivity contribution in [2.24, 2.45) is 4.99 Å². The average Bonchev–Trinajstić information content (AvgIpc) is 3.28. The van der Waals surface area contributed by atoms with Gasteiger partial charge in [-0.1, -0.05) is 64.3 Å². The number of ether oxygens (including phenoxy) is 3. The zero-order valence-corrected chi connectivity index (χ0v) is 28.5. The second-order valence-corrected chi connectivity index (χ2v) is 12.8. The topological polar surface area (TPSA) is 79.1 Å². The molecule has 0 bridgehead atoms. The van der Waals surface area contributed by atoms with Crippen LogP contribution in [0.4, 0.5) is 0 Å². The number of halogens is 4. The number of hydrogen-bond acceptors (Lipinski definition) is 7. The number of esters is 1. The number of fused-ring (bicyclic) bond motifs is 1. The molecule has 0 aliphatic carbocycles. The summed E-state index contributed by atoms with van der Waals surface area (Å²) in [6.45, 7) is 6.27. The molecule has 0 spiro atoms. The van der Waals surface area contributed by atoms with Crippen molar-refractivity contribution < 1.29 is 19.0 Å². The van der Waals surface area contributed by atoms with Gasteiger partial charge in [0.25, 0.3) is 5.56 Å². The van der Waals surface area contributed by atoms with Crippen LogP contribution in [-0.2, 0) is 16.1 Å². The molecule has 1 aliphatic rings. The fourth-order valence-electron chi connectivity index (χ4n) is 4.79. The molecule has 5 rings (SSSR count). The first-order valence-electron chi connectivity index (χ1n) is 13.6. The number of nitrogens with zero attached hydrogens (tertiary/aromatic N) is 2. The summed E-state index contributed by atoms with van der Waals surface area (Å²) >= 11 is 23.4. The summed E-state index contributed by atoms with van der Waals surface area (Å²) in [5.41, 5.74) is 2.55. The molecule has 0 fully saturated rings. The maximum Gasteiger partial charge on any atom is 0.338 e. The molecule has 0 saturated carbocycles. The first-order valence-corrected chi connectivity index (χ1v) is 16.3. The third-order valence-electron chi connectivity index (χ3n) is 6.71. The molecule has 0 amide bonds. The predicted octanol–water partition coefficient (Wildman–Crippen LogP) is 7.50. The standard InChI is InChI=1S/C32H26BrCl3N2O5S/c1-4-41-22-9-7-19(8-10-22)28-27(31(40)42-5-2)17(3)37-32-38(28)30(39)26(44-32)14-20-13-21(34)15-23(33)29(20)43-16-18-6-11-24(35)25(36)12-18/h6-15,28H,4-5,16H2,1-3H3/b26-14-/t28-/m0/s1. The van der Waals surface area contributed by atoms with Gasteiger partial charge in [0.05, 0.1) is 49.6 Å². The second kappa shape index (κ2) is 13.9. The molecule has 228 valence electrons. The minimum Gasteiger partial charge on any atom is -0.494 e. The van der Waals surface area contributed by atoms with Gasteiger partial charge < -0.3 is 14.2 Å². The van der Waals surface area contributed by atoms with Gasteiger partial charge in [-0.2, -0.15) is 0 Å². The average molecular weight is 737 g/mol. The van der Waals surface area contributed by atoms with Gasteiger partial charge >= 0.3 is 5.97 Å². The van der Waals surface area contributed by atoms with Crippen LogP contribution < -0.4 is 24.4 Å². The van der Waals surface area contributed by atoms with Crippen LogP contribution in [-0.4, -0.2) is 23.8 Å². The Morgan fingerprint density at radius 3 is 2.45 bits per heavy atom. The van der Waals surface area contributed by atoms with Crippen LogP contribution in [0.2, 0.25) is 15.1 Å². The van der Waals surface area contributed by atoms with Crippen LogP contribution in [0, 0.1) is 0 Å². The second-order valence-electron chi connectivity index (χ2n) is 9.65. The zero-order valence-electron chi connectivity index (χ0n) is 23.8. The van der Waals surface area contributed by atoms with Crippen molar-refractivity contribution in [3.63, 3.8) is 0 Å². The first kappa shape index (κ1) is 32.3. The van der Waals surface area contributed by atoms with E-state index in [-0.39, 0.29) is 18.8 Å². The Morgan fingerprint density at radius 2 is 1.77 bits per heavy atom. The lowest BCUT2D eigenvalue weighted by atomic mass is 9.96. The van der Waals surface area contributed by atoms with Gasteiger partial charge in [-0.05, 0) is 90.3 Å². The van der Waals surface area contributed by atoms with Crippen LogP contribution >= 0.6 is 62.1 Å². The van der Waals surface area contributed by atoms with E-state index in [4.69, 9.17) is 49.0 Å². The van der Waals surface area contributed by atoms with E-state index in [1.807, 2.05) is 37.3 Å². The van der Waals surface area contributed by atoms with Crippen LogP contribution in [0.3, 0.4) is 0 Å². The highest BCUT2D eigenvalue weighted by Gasteiger charge is 2.33. The lowest BCUT2D eigenvalue weighted by Crippen LogP contribution is -2.39. The van der Waals surface area contributed by atoms with Gasteiger partial charge in [0, 0.05) is 10.6 Å². The number of thiazole rings is 1. The first-order chi connectivity index (χ1) is 21.1. The summed E-state index contributed by atoms with van der Waals surface area (Å²) in [5, 5.41) is 1.32. The fourth-order valence-corrected chi connectivity index (χ4v) is 7.09. The van der Waals surface area contributed by atoms with E-state index < -0.39 is 12.0 Å². The van der Waals surface area contributed by atoms with E-state index >= 15 is 0 Å². The number of hydrogen-bond donors (Lipinski definition) is 0. The maximum absolute atomic E-state index is 14.1. The quantitative estimate of drug-likeness (QED) is 0.167. The van der Waals surface area contributed by atoms with Crippen molar-refractivity contribution in [1.82, 2.24) is 4.57 Å². The number of carbonyl (C=O) groups is 1. The molecule has 1 aliphatic heterocycles. The molecular weight excluding hydrogens is 711 g/mol. The molecule has 1 atom stereocenters. The lowest BCUT2D eigenvalue weighted by molar-refractivity contribution is -0.139. The van der Waals surface area contributed by atoms with Crippen molar-refractivity contribution >= 4 is 74.1 Å². The highest BCUT2D eigenvalue weighted by Crippen LogP contribution is 2.35. The SMILES string of the molecule is CCOC(=O)C1=C(C)N=c2s/c(=C\c3cc(Cl)cc(Br)c3OCc3ccc(Cl)c(Cl)c3)c(=O)n2[C@H]1c1ccc(OCC)cc1. The molecule has 0 radical (unpaired) electrons. The van der Waals surface area contributed by atoms with E-state index in [0.717, 1.165) is 11.1 Å². The van der Waals surface area contributed by atoms with Crippen LogP contribution in [0.5, 0.6) is 11.5 Å². The third-order valence-corrected chi connectivity index (χ3v) is 9.24. The molecule has 3 aromatic carbocycles. The number of allylic oxidation sites excluding steroid dienone is 1. The van der Waals surface area contributed by atoms with Crippen LogP contribution in [0.1, 0.15) is 43.5 Å². The van der Waals surface area contributed by atoms with E-state index in [1.54, 1.807) is 44.2 Å². The fraction of sp³-hybridized carbons (Fsp3) is 0.219. The Labute approximate surface area is 281 Å². The van der Waals surface area contributed by atoms with Gasteiger partial charge in [-0.25, -0.2) is 9.79 Å². The van der Waals surface area contributed by atoms with Crippen molar-refractivity contribution in [3.8, 4) is 11.5 Å². The molecule has 7 nitrogen and oxygen atoms in total. The summed E-state index contributed by atoms with van der Waals surface area (Å²) in [4.78, 5) is 32.4. The molecule has 2 heterocycles. The number of rotatable bonds is 9. The number of aromatic nitrogens is 1. The van der Waals surface area contributed by atoms with Crippen molar-refractivity contribution in [2.45, 2.75) is 33.4 Å². The van der Waals surface area contributed by atoms with E-state index in [2.05, 4.69) is 20.9 Å². The molecular formula is C32H26BrCl3N2O5S. The zero-order chi connectivity index (χ0) is 31.5. The molecule has 44 heavy (non-hydrogen) atoms.